The SMILES string of the molecule is CC(=O)C1CCNC1=O. The average Bonchev–Trinajstić information content (AvgIpc) is 2.13. The summed E-state index contributed by atoms with van der Waals surface area (Å²) in [7, 11) is 0. The molecule has 3 heteroatoms. The van der Waals surface area contributed by atoms with Crippen molar-refractivity contribution < 1.29 is 9.59 Å². The first-order valence-corrected chi connectivity index (χ1v) is 3.00. The summed E-state index contributed by atoms with van der Waals surface area (Å²) in [6, 6.07) is 0. The Labute approximate surface area is 53.4 Å². The smallest absolute Gasteiger partial charge is 0.230 e. The number of Topliss-reactive ketones (excluding diaryl/α,β-unsaturated/α-hetero) is 1. The Bertz CT molecular complexity index is 153. The predicted molar refractivity (Wildman–Crippen MR) is 31.8 cm³/mol. The van der Waals surface area contributed by atoms with Crippen molar-refractivity contribution in [3.8, 4) is 0 Å². The number of hydrogen-bond donors (Lipinski definition) is 1. The fraction of sp³-hybridized carbons (Fsp3) is 0.667. The van der Waals surface area contributed by atoms with E-state index in [-0.39, 0.29) is 17.6 Å². The van der Waals surface area contributed by atoms with Gasteiger partial charge in [-0.3, -0.25) is 9.59 Å². The lowest BCUT2D eigenvalue weighted by Crippen LogP contribution is -2.23. The number of rotatable bonds is 1. The fourth-order valence-electron chi connectivity index (χ4n) is 0.982. The molecule has 0 bridgehead atoms. The predicted octanol–water partition coefficient (Wildman–Crippen LogP) is -0.289. The van der Waals surface area contributed by atoms with Crippen LogP contribution in [0.5, 0.6) is 0 Å². The molecule has 50 valence electrons. The molecule has 1 aliphatic heterocycles. The average molecular weight is 127 g/mol. The van der Waals surface area contributed by atoms with Gasteiger partial charge in [-0.2, -0.15) is 0 Å². The van der Waals surface area contributed by atoms with Crippen LogP contribution >= 0.6 is 0 Å². The molecule has 3 nitrogen and oxygen atoms in total. The molecule has 0 saturated carbocycles. The van der Waals surface area contributed by atoms with E-state index < -0.39 is 0 Å². The molecule has 0 aromatic carbocycles. The summed E-state index contributed by atoms with van der Waals surface area (Å²) in [5, 5.41) is 2.59. The van der Waals surface area contributed by atoms with Crippen molar-refractivity contribution in [2.24, 2.45) is 5.92 Å². The van der Waals surface area contributed by atoms with Crippen molar-refractivity contribution in [1.29, 1.82) is 0 Å². The first-order valence-electron chi connectivity index (χ1n) is 3.00. The summed E-state index contributed by atoms with van der Waals surface area (Å²) in [5.74, 6) is -0.488. The topological polar surface area (TPSA) is 46.2 Å². The summed E-state index contributed by atoms with van der Waals surface area (Å²) in [6.45, 7) is 2.11. The Morgan fingerprint density at radius 3 is 2.67 bits per heavy atom. The number of nitrogens with one attached hydrogen (secondary N) is 1. The standard InChI is InChI=1S/C6H9NO2/c1-4(8)5-2-3-7-6(5)9/h5H,2-3H2,1H3,(H,7,9). The molecule has 1 atom stereocenters. The lowest BCUT2D eigenvalue weighted by Gasteiger charge is -1.97. The Morgan fingerprint density at radius 1 is 1.78 bits per heavy atom. The van der Waals surface area contributed by atoms with Crippen molar-refractivity contribution in [1.82, 2.24) is 5.32 Å². The van der Waals surface area contributed by atoms with Gasteiger partial charge in [-0.1, -0.05) is 0 Å². The number of amides is 1. The van der Waals surface area contributed by atoms with E-state index in [4.69, 9.17) is 0 Å². The maximum Gasteiger partial charge on any atom is 0.230 e. The third-order valence-electron chi connectivity index (χ3n) is 1.54. The molecule has 1 saturated heterocycles. The summed E-state index contributed by atoms with van der Waals surface area (Å²) >= 11 is 0. The lowest BCUT2D eigenvalue weighted by atomic mass is 10.0. The zero-order chi connectivity index (χ0) is 6.85. The molecule has 1 amide bonds. The quantitative estimate of drug-likeness (QED) is 0.492. The van der Waals surface area contributed by atoms with Crippen LogP contribution in [0.15, 0.2) is 0 Å². The van der Waals surface area contributed by atoms with Crippen molar-refractivity contribution in [3.63, 3.8) is 0 Å². The largest absolute Gasteiger partial charge is 0.355 e. The van der Waals surface area contributed by atoms with E-state index in [0.717, 1.165) is 0 Å². The molecule has 1 fully saturated rings. The van der Waals surface area contributed by atoms with Gasteiger partial charge in [-0.25, -0.2) is 0 Å². The molecule has 0 radical (unpaired) electrons. The lowest BCUT2D eigenvalue weighted by molar-refractivity contribution is -0.130. The molecule has 1 heterocycles. The van der Waals surface area contributed by atoms with Crippen LogP contribution in [0.25, 0.3) is 0 Å². The van der Waals surface area contributed by atoms with E-state index in [1.54, 1.807) is 0 Å². The van der Waals surface area contributed by atoms with E-state index in [1.165, 1.54) is 6.92 Å². The van der Waals surface area contributed by atoms with Crippen molar-refractivity contribution in [2.45, 2.75) is 13.3 Å². The van der Waals surface area contributed by atoms with Crippen molar-refractivity contribution in [3.05, 3.63) is 0 Å². The van der Waals surface area contributed by atoms with Gasteiger partial charge in [0.15, 0.2) is 0 Å². The van der Waals surface area contributed by atoms with Gasteiger partial charge in [0.2, 0.25) is 5.91 Å². The highest BCUT2D eigenvalue weighted by Crippen LogP contribution is 2.09. The first kappa shape index (κ1) is 6.26. The Hall–Kier alpha value is -0.860. The summed E-state index contributed by atoms with van der Waals surface area (Å²) in [6.07, 6.45) is 0.675. The van der Waals surface area contributed by atoms with Crippen molar-refractivity contribution >= 4 is 11.7 Å². The van der Waals surface area contributed by atoms with Gasteiger partial charge in [0.1, 0.15) is 5.78 Å². The Balaban J connectivity index is 2.60. The van der Waals surface area contributed by atoms with Crippen LogP contribution < -0.4 is 5.32 Å². The van der Waals surface area contributed by atoms with Crippen LogP contribution in [0.4, 0.5) is 0 Å². The van der Waals surface area contributed by atoms with Crippen LogP contribution in [-0.4, -0.2) is 18.2 Å². The Morgan fingerprint density at radius 2 is 2.44 bits per heavy atom. The number of carbonyl (C=O) groups excluding carboxylic acids is 2. The molecule has 1 aliphatic rings. The van der Waals surface area contributed by atoms with Gasteiger partial charge >= 0.3 is 0 Å². The van der Waals surface area contributed by atoms with E-state index in [9.17, 15) is 9.59 Å². The van der Waals surface area contributed by atoms with Crippen LogP contribution in [0.2, 0.25) is 0 Å². The summed E-state index contributed by atoms with van der Waals surface area (Å²) in [5.41, 5.74) is 0. The monoisotopic (exact) mass is 127 g/mol. The summed E-state index contributed by atoms with van der Waals surface area (Å²) in [4.78, 5) is 21.3. The van der Waals surface area contributed by atoms with Gasteiger partial charge < -0.3 is 5.32 Å². The fourth-order valence-corrected chi connectivity index (χ4v) is 0.982. The van der Waals surface area contributed by atoms with E-state index >= 15 is 0 Å². The minimum atomic E-state index is -0.356. The molecular formula is C6H9NO2. The molecule has 1 N–H and O–H groups in total. The van der Waals surface area contributed by atoms with E-state index in [0.29, 0.717) is 13.0 Å². The van der Waals surface area contributed by atoms with Gasteiger partial charge in [-0.05, 0) is 13.3 Å². The molecule has 0 aromatic rings. The second-order valence-corrected chi connectivity index (χ2v) is 2.24. The number of carbonyl (C=O) groups is 2. The second-order valence-electron chi connectivity index (χ2n) is 2.24. The molecule has 0 aliphatic carbocycles. The molecule has 9 heavy (non-hydrogen) atoms. The molecule has 0 aromatic heterocycles. The first-order chi connectivity index (χ1) is 4.22. The van der Waals surface area contributed by atoms with E-state index in [2.05, 4.69) is 5.32 Å². The molecule has 1 rings (SSSR count). The maximum absolute atomic E-state index is 10.7. The highest BCUT2D eigenvalue weighted by molar-refractivity contribution is 6.01. The van der Waals surface area contributed by atoms with Gasteiger partial charge in [0.25, 0.3) is 0 Å². The van der Waals surface area contributed by atoms with Gasteiger partial charge in [0, 0.05) is 6.54 Å². The highest BCUT2D eigenvalue weighted by Gasteiger charge is 2.27. The van der Waals surface area contributed by atoms with Gasteiger partial charge in [0.05, 0.1) is 5.92 Å². The van der Waals surface area contributed by atoms with Crippen LogP contribution in [0.1, 0.15) is 13.3 Å². The highest BCUT2D eigenvalue weighted by atomic mass is 16.2. The normalized spacial score (nSPS) is 25.9. The van der Waals surface area contributed by atoms with E-state index in [1.807, 2.05) is 0 Å². The second kappa shape index (κ2) is 2.17. The van der Waals surface area contributed by atoms with Crippen LogP contribution in [0, 0.1) is 5.92 Å². The summed E-state index contributed by atoms with van der Waals surface area (Å²) < 4.78 is 0. The molecular weight excluding hydrogens is 118 g/mol. The van der Waals surface area contributed by atoms with Crippen LogP contribution in [0.3, 0.4) is 0 Å². The van der Waals surface area contributed by atoms with Crippen LogP contribution in [-0.2, 0) is 9.59 Å². The molecule has 1 unspecified atom stereocenters. The number of hydrogen-bond acceptors (Lipinski definition) is 2. The van der Waals surface area contributed by atoms with Gasteiger partial charge in [-0.15, -0.1) is 0 Å². The van der Waals surface area contributed by atoms with Crippen molar-refractivity contribution in [2.75, 3.05) is 6.54 Å². The zero-order valence-corrected chi connectivity index (χ0v) is 5.31. The third-order valence-corrected chi connectivity index (χ3v) is 1.54. The number of ketones is 1. The maximum atomic E-state index is 10.7. The Kier molecular flexibility index (Phi) is 1.51. The minimum Gasteiger partial charge on any atom is -0.355 e. The zero-order valence-electron chi connectivity index (χ0n) is 5.31. The third kappa shape index (κ3) is 1.09. The molecule has 0 spiro atoms. The minimum absolute atomic E-state index is 0.0231.